The average molecular weight is 214 g/mol. The van der Waals surface area contributed by atoms with Crippen LogP contribution in [0.15, 0.2) is 48.1 Å². The highest BCUT2D eigenvalue weighted by atomic mass is 19.1. The third-order valence-corrected chi connectivity index (χ3v) is 2.58. The summed E-state index contributed by atoms with van der Waals surface area (Å²) in [6.07, 6.45) is 3.13. The molecule has 0 bridgehead atoms. The summed E-state index contributed by atoms with van der Waals surface area (Å²) in [5.41, 5.74) is 7.13. The molecule has 0 fully saturated rings. The van der Waals surface area contributed by atoms with Crippen molar-refractivity contribution in [2.75, 3.05) is 0 Å². The molecule has 0 spiro atoms. The zero-order valence-corrected chi connectivity index (χ0v) is 8.65. The van der Waals surface area contributed by atoms with Gasteiger partial charge in [-0.2, -0.15) is 5.26 Å². The molecule has 0 heterocycles. The van der Waals surface area contributed by atoms with Crippen LogP contribution < -0.4 is 5.73 Å². The summed E-state index contributed by atoms with van der Waals surface area (Å²) in [7, 11) is 0. The van der Waals surface area contributed by atoms with E-state index in [0.29, 0.717) is 11.1 Å². The Hall–Kier alpha value is -1.92. The Balaban J connectivity index is 2.46. The molecular weight excluding hydrogens is 203 g/mol. The van der Waals surface area contributed by atoms with Crippen molar-refractivity contribution in [3.63, 3.8) is 0 Å². The first-order valence-electron chi connectivity index (χ1n) is 4.98. The van der Waals surface area contributed by atoms with Gasteiger partial charge in [-0.05, 0) is 11.6 Å². The number of nitriles is 1. The van der Waals surface area contributed by atoms with Crippen molar-refractivity contribution in [1.82, 2.24) is 0 Å². The van der Waals surface area contributed by atoms with E-state index in [1.165, 1.54) is 0 Å². The van der Waals surface area contributed by atoms with Gasteiger partial charge in [-0.15, -0.1) is 0 Å². The number of rotatable bonds is 1. The zero-order chi connectivity index (χ0) is 11.6. The van der Waals surface area contributed by atoms with E-state index in [9.17, 15) is 4.39 Å². The predicted octanol–water partition coefficient (Wildman–Crippen LogP) is 2.55. The third-order valence-electron chi connectivity index (χ3n) is 2.58. The van der Waals surface area contributed by atoms with E-state index in [-0.39, 0.29) is 6.42 Å². The lowest BCUT2D eigenvalue weighted by molar-refractivity contribution is 0.252. The van der Waals surface area contributed by atoms with Gasteiger partial charge in [0.05, 0.1) is 6.07 Å². The van der Waals surface area contributed by atoms with Crippen molar-refractivity contribution in [2.45, 2.75) is 12.2 Å². The quantitative estimate of drug-likeness (QED) is 0.730. The largest absolute Gasteiger partial charge is 0.295 e. The standard InChI is InChI=1S/C13H11FN2/c14-13(16)8-10(9-15)6-7-12(13)11-4-2-1-3-5-11/h1-7H,8,16H2. The van der Waals surface area contributed by atoms with Crippen LogP contribution in [0.4, 0.5) is 4.39 Å². The first kappa shape index (κ1) is 10.6. The lowest BCUT2D eigenvalue weighted by Gasteiger charge is -2.26. The summed E-state index contributed by atoms with van der Waals surface area (Å²) in [4.78, 5) is 0. The fraction of sp³-hybridized carbons (Fsp3) is 0.154. The van der Waals surface area contributed by atoms with Gasteiger partial charge in [0.2, 0.25) is 0 Å². The van der Waals surface area contributed by atoms with Crippen LogP contribution in [0.2, 0.25) is 0 Å². The molecule has 3 heteroatoms. The number of halogens is 1. The van der Waals surface area contributed by atoms with Gasteiger partial charge in [0.15, 0.2) is 5.79 Å². The van der Waals surface area contributed by atoms with Crippen LogP contribution in [0.5, 0.6) is 0 Å². The topological polar surface area (TPSA) is 49.8 Å². The molecule has 2 rings (SSSR count). The monoisotopic (exact) mass is 214 g/mol. The fourth-order valence-electron chi connectivity index (χ4n) is 1.78. The minimum atomic E-state index is -1.96. The van der Waals surface area contributed by atoms with E-state index in [1.54, 1.807) is 24.3 Å². The number of nitrogens with two attached hydrogens (primary N) is 1. The van der Waals surface area contributed by atoms with Gasteiger partial charge in [-0.3, -0.25) is 5.73 Å². The van der Waals surface area contributed by atoms with Gasteiger partial charge in [0, 0.05) is 17.6 Å². The second-order valence-electron chi connectivity index (χ2n) is 3.79. The Kier molecular flexibility index (Phi) is 2.59. The average Bonchev–Trinajstić information content (AvgIpc) is 2.28. The fourth-order valence-corrected chi connectivity index (χ4v) is 1.78. The highest BCUT2D eigenvalue weighted by Crippen LogP contribution is 2.34. The molecule has 1 aromatic rings. The van der Waals surface area contributed by atoms with Crippen molar-refractivity contribution in [3.8, 4) is 6.07 Å². The van der Waals surface area contributed by atoms with Crippen molar-refractivity contribution >= 4 is 5.57 Å². The van der Waals surface area contributed by atoms with Crippen LogP contribution in [0.3, 0.4) is 0 Å². The highest BCUT2D eigenvalue weighted by Gasteiger charge is 2.33. The van der Waals surface area contributed by atoms with E-state index in [4.69, 9.17) is 11.0 Å². The van der Waals surface area contributed by atoms with Crippen LogP contribution >= 0.6 is 0 Å². The summed E-state index contributed by atoms with van der Waals surface area (Å²) >= 11 is 0. The summed E-state index contributed by atoms with van der Waals surface area (Å²) < 4.78 is 14.2. The molecule has 1 aromatic carbocycles. The van der Waals surface area contributed by atoms with E-state index >= 15 is 0 Å². The number of hydrogen-bond acceptors (Lipinski definition) is 2. The van der Waals surface area contributed by atoms with E-state index < -0.39 is 5.79 Å². The van der Waals surface area contributed by atoms with E-state index in [1.807, 2.05) is 24.3 Å². The number of benzene rings is 1. The number of hydrogen-bond donors (Lipinski definition) is 1. The molecule has 1 atom stereocenters. The second kappa shape index (κ2) is 3.92. The number of alkyl halides is 1. The van der Waals surface area contributed by atoms with Gasteiger partial charge < -0.3 is 0 Å². The molecule has 80 valence electrons. The van der Waals surface area contributed by atoms with Gasteiger partial charge in [0.25, 0.3) is 0 Å². The van der Waals surface area contributed by atoms with Crippen LogP contribution in [0.25, 0.3) is 5.57 Å². The molecule has 0 saturated heterocycles. The molecule has 0 saturated carbocycles. The summed E-state index contributed by atoms with van der Waals surface area (Å²) in [6.45, 7) is 0. The van der Waals surface area contributed by atoms with Crippen LogP contribution in [-0.4, -0.2) is 5.79 Å². The maximum atomic E-state index is 14.2. The second-order valence-corrected chi connectivity index (χ2v) is 3.79. The Morgan fingerprint density at radius 2 is 1.94 bits per heavy atom. The molecule has 2 nitrogen and oxygen atoms in total. The lowest BCUT2D eigenvalue weighted by atomic mass is 9.87. The molecule has 1 aliphatic carbocycles. The molecule has 0 aliphatic heterocycles. The molecule has 0 aromatic heterocycles. The predicted molar refractivity (Wildman–Crippen MR) is 60.8 cm³/mol. The highest BCUT2D eigenvalue weighted by molar-refractivity contribution is 5.75. The summed E-state index contributed by atoms with van der Waals surface area (Å²) in [6, 6.07) is 11.1. The van der Waals surface area contributed by atoms with Crippen molar-refractivity contribution in [2.24, 2.45) is 5.73 Å². The molecule has 0 amide bonds. The van der Waals surface area contributed by atoms with Crippen molar-refractivity contribution in [3.05, 3.63) is 53.6 Å². The minimum Gasteiger partial charge on any atom is -0.295 e. The Morgan fingerprint density at radius 3 is 2.50 bits per heavy atom. The molecular formula is C13H11FN2. The molecule has 1 unspecified atom stereocenters. The Labute approximate surface area is 93.5 Å². The summed E-state index contributed by atoms with van der Waals surface area (Å²) in [5, 5.41) is 8.71. The van der Waals surface area contributed by atoms with Crippen LogP contribution in [-0.2, 0) is 0 Å². The van der Waals surface area contributed by atoms with Crippen molar-refractivity contribution in [1.29, 1.82) is 5.26 Å². The van der Waals surface area contributed by atoms with Gasteiger partial charge >= 0.3 is 0 Å². The van der Waals surface area contributed by atoms with Crippen LogP contribution in [0, 0.1) is 11.3 Å². The molecule has 16 heavy (non-hydrogen) atoms. The Bertz CT molecular complexity index is 492. The first-order valence-corrected chi connectivity index (χ1v) is 4.98. The Morgan fingerprint density at radius 1 is 1.25 bits per heavy atom. The molecule has 2 N–H and O–H groups in total. The zero-order valence-electron chi connectivity index (χ0n) is 8.65. The molecule has 0 radical (unpaired) electrons. The summed E-state index contributed by atoms with van der Waals surface area (Å²) in [5.74, 6) is -1.96. The van der Waals surface area contributed by atoms with Gasteiger partial charge in [0.1, 0.15) is 0 Å². The maximum Gasteiger partial charge on any atom is 0.190 e. The number of nitrogens with zero attached hydrogens (tertiary/aromatic N) is 1. The third kappa shape index (κ3) is 1.88. The minimum absolute atomic E-state index is 0.0653. The van der Waals surface area contributed by atoms with Crippen molar-refractivity contribution < 1.29 is 4.39 Å². The molecule has 1 aliphatic rings. The van der Waals surface area contributed by atoms with Crippen LogP contribution in [0.1, 0.15) is 12.0 Å². The SMILES string of the molecule is N#CC1=CC=C(c2ccccc2)C(N)(F)C1. The first-order chi connectivity index (χ1) is 7.63. The maximum absolute atomic E-state index is 14.2. The normalized spacial score (nSPS) is 24.3. The van der Waals surface area contributed by atoms with E-state index in [2.05, 4.69) is 0 Å². The smallest absolute Gasteiger partial charge is 0.190 e. The lowest BCUT2D eigenvalue weighted by Crippen LogP contribution is -2.37. The van der Waals surface area contributed by atoms with Gasteiger partial charge in [-0.25, -0.2) is 4.39 Å². The van der Waals surface area contributed by atoms with Gasteiger partial charge in [-0.1, -0.05) is 36.4 Å². The van der Waals surface area contributed by atoms with E-state index in [0.717, 1.165) is 5.56 Å². The number of allylic oxidation sites excluding steroid dienone is 2.